The third-order valence-electron chi connectivity index (χ3n) is 7.67. The Hall–Kier alpha value is -2.94. The van der Waals surface area contributed by atoms with Crippen molar-refractivity contribution in [3.8, 4) is 0 Å². The van der Waals surface area contributed by atoms with Crippen molar-refractivity contribution in [2.45, 2.75) is 101 Å². The summed E-state index contributed by atoms with van der Waals surface area (Å²) in [5.41, 5.74) is 8.77. The molecule has 0 aromatic carbocycles. The fourth-order valence-electron chi connectivity index (χ4n) is 5.05. The average Bonchev–Trinajstić information content (AvgIpc) is 2.89. The maximum Gasteiger partial charge on any atom is 0.0729 e. The van der Waals surface area contributed by atoms with Gasteiger partial charge in [-0.25, -0.2) is 0 Å². The van der Waals surface area contributed by atoms with E-state index in [4.69, 9.17) is 5.11 Å². The van der Waals surface area contributed by atoms with E-state index in [0.29, 0.717) is 5.92 Å². The molecule has 0 aromatic rings. The standard InChI is InChI=1S/C40H58O2/c1-31(18-12-20-33(3)21-13-22-34(4)23-15-25-36(6)30-41)16-10-11-17-32(2)19-14-24-35(5)26-27-39-37(7)28-38(42)29-40(39,8)9/h10-12,14,16-20,22,24-28,38-39,41-42H,13,15,21,23,29-30H2,1-9H3. The predicted octanol–water partition coefficient (Wildman–Crippen LogP) is 10.8. The van der Waals surface area contributed by atoms with Crippen LogP contribution in [0, 0.1) is 11.3 Å². The number of hydrogen-bond donors (Lipinski definition) is 2. The van der Waals surface area contributed by atoms with Crippen LogP contribution in [-0.2, 0) is 0 Å². The molecular weight excluding hydrogens is 512 g/mol. The Bertz CT molecular complexity index is 1180. The number of rotatable bonds is 15. The van der Waals surface area contributed by atoms with E-state index in [1.807, 2.05) is 13.0 Å². The smallest absolute Gasteiger partial charge is 0.0729 e. The van der Waals surface area contributed by atoms with Crippen molar-refractivity contribution >= 4 is 0 Å². The van der Waals surface area contributed by atoms with Crippen molar-refractivity contribution in [3.05, 3.63) is 130 Å². The molecule has 2 atom stereocenters. The van der Waals surface area contributed by atoms with Gasteiger partial charge in [0.25, 0.3) is 0 Å². The topological polar surface area (TPSA) is 40.5 Å². The molecule has 2 nitrogen and oxygen atoms in total. The molecule has 230 valence electrons. The maximum atomic E-state index is 10.1. The fourth-order valence-corrected chi connectivity index (χ4v) is 5.05. The summed E-state index contributed by atoms with van der Waals surface area (Å²) in [6.45, 7) is 19.5. The van der Waals surface area contributed by atoms with Gasteiger partial charge in [0.05, 0.1) is 12.7 Å². The Kier molecular flexibility index (Phi) is 17.7. The zero-order valence-electron chi connectivity index (χ0n) is 28.0. The first-order valence-corrected chi connectivity index (χ1v) is 15.5. The van der Waals surface area contributed by atoms with Gasteiger partial charge in [-0.05, 0) is 86.0 Å². The van der Waals surface area contributed by atoms with Gasteiger partial charge in [-0.2, -0.15) is 0 Å². The third kappa shape index (κ3) is 16.5. The molecule has 0 heterocycles. The van der Waals surface area contributed by atoms with E-state index < -0.39 is 0 Å². The summed E-state index contributed by atoms with van der Waals surface area (Å²) in [7, 11) is 0. The zero-order valence-corrected chi connectivity index (χ0v) is 28.0. The molecule has 0 bridgehead atoms. The lowest BCUT2D eigenvalue weighted by Gasteiger charge is -2.38. The summed E-state index contributed by atoms with van der Waals surface area (Å²) in [5, 5.41) is 19.1. The highest BCUT2D eigenvalue weighted by Gasteiger charge is 2.34. The van der Waals surface area contributed by atoms with Crippen LogP contribution in [0.1, 0.15) is 94.4 Å². The first-order valence-electron chi connectivity index (χ1n) is 15.5. The van der Waals surface area contributed by atoms with Gasteiger partial charge < -0.3 is 10.2 Å². The van der Waals surface area contributed by atoms with E-state index in [0.717, 1.165) is 37.7 Å². The Morgan fingerprint density at radius 1 is 0.738 bits per heavy atom. The lowest BCUT2D eigenvalue weighted by molar-refractivity contribution is 0.117. The molecule has 0 fully saturated rings. The van der Waals surface area contributed by atoms with Crippen molar-refractivity contribution < 1.29 is 10.2 Å². The monoisotopic (exact) mass is 570 g/mol. The second-order valence-electron chi connectivity index (χ2n) is 12.7. The van der Waals surface area contributed by atoms with E-state index in [2.05, 4.69) is 140 Å². The molecule has 0 radical (unpaired) electrons. The van der Waals surface area contributed by atoms with E-state index in [1.165, 1.54) is 33.4 Å². The molecule has 0 saturated heterocycles. The van der Waals surface area contributed by atoms with Gasteiger partial charge in [-0.15, -0.1) is 0 Å². The van der Waals surface area contributed by atoms with Crippen LogP contribution in [0.4, 0.5) is 0 Å². The van der Waals surface area contributed by atoms with Gasteiger partial charge in [0, 0.05) is 5.92 Å². The van der Waals surface area contributed by atoms with Crippen LogP contribution in [0.3, 0.4) is 0 Å². The summed E-state index contributed by atoms with van der Waals surface area (Å²) in [6.07, 6.45) is 36.9. The Morgan fingerprint density at radius 2 is 1.24 bits per heavy atom. The summed E-state index contributed by atoms with van der Waals surface area (Å²) in [6, 6.07) is 0. The number of aliphatic hydroxyl groups excluding tert-OH is 2. The lowest BCUT2D eigenvalue weighted by atomic mass is 9.67. The van der Waals surface area contributed by atoms with Gasteiger partial charge in [-0.3, -0.25) is 0 Å². The highest BCUT2D eigenvalue weighted by Crippen LogP contribution is 2.41. The number of hydrogen-bond acceptors (Lipinski definition) is 2. The molecular formula is C40H58O2. The van der Waals surface area contributed by atoms with E-state index in [1.54, 1.807) is 0 Å². The van der Waals surface area contributed by atoms with E-state index in [-0.39, 0.29) is 18.1 Å². The second kappa shape index (κ2) is 20.1. The lowest BCUT2D eigenvalue weighted by Crippen LogP contribution is -2.32. The molecule has 2 unspecified atom stereocenters. The van der Waals surface area contributed by atoms with Crippen LogP contribution in [-0.4, -0.2) is 22.9 Å². The third-order valence-corrected chi connectivity index (χ3v) is 7.67. The molecule has 0 amide bonds. The van der Waals surface area contributed by atoms with Crippen LogP contribution < -0.4 is 0 Å². The molecule has 1 rings (SSSR count). The van der Waals surface area contributed by atoms with Crippen LogP contribution in [0.2, 0.25) is 0 Å². The minimum Gasteiger partial charge on any atom is -0.392 e. The minimum atomic E-state index is -0.328. The van der Waals surface area contributed by atoms with Gasteiger partial charge in [0.1, 0.15) is 0 Å². The highest BCUT2D eigenvalue weighted by atomic mass is 16.3. The quantitative estimate of drug-likeness (QED) is 0.152. The number of aliphatic hydroxyl groups is 2. The Labute approximate surface area is 258 Å². The van der Waals surface area contributed by atoms with Gasteiger partial charge >= 0.3 is 0 Å². The molecule has 2 heteroatoms. The molecule has 2 N–H and O–H groups in total. The molecule has 0 aromatic heterocycles. The summed E-state index contributed by atoms with van der Waals surface area (Å²) < 4.78 is 0. The van der Waals surface area contributed by atoms with Gasteiger partial charge in [0.2, 0.25) is 0 Å². The number of allylic oxidation sites excluding steroid dienone is 20. The van der Waals surface area contributed by atoms with Crippen molar-refractivity contribution in [3.63, 3.8) is 0 Å². The largest absolute Gasteiger partial charge is 0.392 e. The first-order chi connectivity index (χ1) is 19.8. The van der Waals surface area contributed by atoms with Crippen LogP contribution >= 0.6 is 0 Å². The van der Waals surface area contributed by atoms with Crippen LogP contribution in [0.25, 0.3) is 0 Å². The van der Waals surface area contributed by atoms with Crippen molar-refractivity contribution in [1.29, 1.82) is 0 Å². The normalized spacial score (nSPS) is 21.9. The fraction of sp³-hybridized carbons (Fsp3) is 0.450. The first kappa shape index (κ1) is 37.1. The van der Waals surface area contributed by atoms with E-state index in [9.17, 15) is 5.11 Å². The van der Waals surface area contributed by atoms with Gasteiger partial charge in [-0.1, -0.05) is 144 Å². The van der Waals surface area contributed by atoms with Crippen LogP contribution in [0.5, 0.6) is 0 Å². The highest BCUT2D eigenvalue weighted by molar-refractivity contribution is 5.32. The predicted molar refractivity (Wildman–Crippen MR) is 186 cm³/mol. The molecule has 42 heavy (non-hydrogen) atoms. The molecule has 0 spiro atoms. The van der Waals surface area contributed by atoms with Crippen molar-refractivity contribution in [2.75, 3.05) is 6.61 Å². The summed E-state index contributed by atoms with van der Waals surface area (Å²) in [5.74, 6) is 0.352. The maximum absolute atomic E-state index is 10.1. The summed E-state index contributed by atoms with van der Waals surface area (Å²) >= 11 is 0. The second-order valence-corrected chi connectivity index (χ2v) is 12.7. The molecule has 1 aliphatic rings. The zero-order chi connectivity index (χ0) is 31.5. The Morgan fingerprint density at radius 3 is 1.81 bits per heavy atom. The van der Waals surface area contributed by atoms with Crippen molar-refractivity contribution in [2.24, 2.45) is 11.3 Å². The average molecular weight is 571 g/mol. The SMILES string of the molecule is CC(C=CC=C(C)C=CC1C(C)=CC(O)CC1(C)C)=CC=CC=C(C)C=CC=C(C)CCC=C(C)CCC=C(C)CO. The molecule has 0 aliphatic heterocycles. The molecule has 0 saturated carbocycles. The molecule has 1 aliphatic carbocycles. The Balaban J connectivity index is 2.53. The van der Waals surface area contributed by atoms with Crippen molar-refractivity contribution in [1.82, 2.24) is 0 Å². The van der Waals surface area contributed by atoms with E-state index >= 15 is 0 Å². The minimum absolute atomic E-state index is 0.0608. The van der Waals surface area contributed by atoms with Gasteiger partial charge in [0.15, 0.2) is 0 Å². The van der Waals surface area contributed by atoms with Crippen LogP contribution in [0.15, 0.2) is 130 Å². The summed E-state index contributed by atoms with van der Waals surface area (Å²) in [4.78, 5) is 0.